The fourth-order valence-corrected chi connectivity index (χ4v) is 2.38. The molecule has 2 N–H and O–H groups in total. The molecule has 1 heterocycles. The topological polar surface area (TPSA) is 45.1 Å². The van der Waals surface area contributed by atoms with Gasteiger partial charge in [-0.05, 0) is 19.8 Å². The predicted octanol–water partition coefficient (Wildman–Crippen LogP) is 1.49. The number of aliphatic hydroxyl groups is 1. The summed E-state index contributed by atoms with van der Waals surface area (Å²) < 4.78 is 0. The average molecular weight is 212 g/mol. The molecule has 0 aromatic carbocycles. The van der Waals surface area contributed by atoms with Crippen LogP contribution < -0.4 is 5.32 Å². The summed E-state index contributed by atoms with van der Waals surface area (Å²) in [5.74, 6) is 0.755. The van der Waals surface area contributed by atoms with Crippen LogP contribution in [-0.4, -0.2) is 22.7 Å². The maximum atomic E-state index is 9.06. The van der Waals surface area contributed by atoms with Crippen molar-refractivity contribution in [2.45, 2.75) is 38.3 Å². The van der Waals surface area contributed by atoms with Crippen LogP contribution in [0, 0.1) is 0 Å². The number of nitrogens with zero attached hydrogens (tertiary/aromatic N) is 1. The Balaban J connectivity index is 1.78. The Morgan fingerprint density at radius 1 is 1.71 bits per heavy atom. The van der Waals surface area contributed by atoms with Crippen LogP contribution in [0.5, 0.6) is 0 Å². The first-order valence-corrected chi connectivity index (χ1v) is 5.90. The molecule has 0 bridgehead atoms. The number of nitrogens with one attached hydrogen (secondary N) is 1. The zero-order valence-corrected chi connectivity index (χ0v) is 9.18. The van der Waals surface area contributed by atoms with Gasteiger partial charge in [-0.1, -0.05) is 0 Å². The minimum absolute atomic E-state index is 0.272. The van der Waals surface area contributed by atoms with Crippen molar-refractivity contribution < 1.29 is 5.11 Å². The van der Waals surface area contributed by atoms with Gasteiger partial charge in [0.05, 0.1) is 11.1 Å². The number of hydrogen-bond donors (Lipinski definition) is 2. The first-order chi connectivity index (χ1) is 6.75. The van der Waals surface area contributed by atoms with E-state index in [0.29, 0.717) is 6.54 Å². The Morgan fingerprint density at radius 3 is 3.14 bits per heavy atom. The highest BCUT2D eigenvalue weighted by molar-refractivity contribution is 7.11. The smallest absolute Gasteiger partial charge is 0.0959 e. The van der Waals surface area contributed by atoms with Crippen LogP contribution >= 0.6 is 11.3 Å². The van der Waals surface area contributed by atoms with Gasteiger partial charge in [-0.25, -0.2) is 4.98 Å². The average Bonchev–Trinajstić information content (AvgIpc) is 2.87. The van der Waals surface area contributed by atoms with E-state index in [0.717, 1.165) is 12.5 Å². The third-order valence-electron chi connectivity index (χ3n) is 2.24. The summed E-state index contributed by atoms with van der Waals surface area (Å²) >= 11 is 1.80. The van der Waals surface area contributed by atoms with Crippen molar-refractivity contribution in [2.75, 3.05) is 6.54 Å². The minimum Gasteiger partial charge on any atom is -0.392 e. The second-order valence-corrected chi connectivity index (χ2v) is 5.07. The van der Waals surface area contributed by atoms with Crippen LogP contribution in [0.4, 0.5) is 0 Å². The molecule has 0 saturated heterocycles. The lowest BCUT2D eigenvalue weighted by Gasteiger charge is -2.04. The van der Waals surface area contributed by atoms with Gasteiger partial charge in [-0.3, -0.25) is 0 Å². The number of thiazole rings is 1. The van der Waals surface area contributed by atoms with Gasteiger partial charge in [0.15, 0.2) is 0 Å². The van der Waals surface area contributed by atoms with E-state index in [2.05, 4.69) is 10.3 Å². The van der Waals surface area contributed by atoms with Crippen molar-refractivity contribution in [1.82, 2.24) is 10.3 Å². The van der Waals surface area contributed by atoms with Crippen molar-refractivity contribution in [2.24, 2.45) is 0 Å². The summed E-state index contributed by atoms with van der Waals surface area (Å²) in [5, 5.41) is 13.5. The fraction of sp³-hybridized carbons (Fsp3) is 0.700. The molecule has 0 aliphatic heterocycles. The summed E-state index contributed by atoms with van der Waals surface area (Å²) in [6.45, 7) is 3.27. The molecule has 4 heteroatoms. The third-order valence-corrected chi connectivity index (χ3v) is 3.40. The van der Waals surface area contributed by atoms with Crippen molar-refractivity contribution >= 4 is 11.3 Å². The monoisotopic (exact) mass is 212 g/mol. The van der Waals surface area contributed by atoms with Gasteiger partial charge in [0.2, 0.25) is 0 Å². The number of rotatable bonds is 5. The maximum Gasteiger partial charge on any atom is 0.0959 e. The summed E-state index contributed by atoms with van der Waals surface area (Å²) in [6.07, 6.45) is 4.31. The lowest BCUT2D eigenvalue weighted by molar-refractivity contribution is 0.191. The molecule has 1 aliphatic carbocycles. The van der Waals surface area contributed by atoms with Crippen molar-refractivity contribution in [1.29, 1.82) is 0 Å². The zero-order chi connectivity index (χ0) is 9.97. The molecule has 14 heavy (non-hydrogen) atoms. The summed E-state index contributed by atoms with van der Waals surface area (Å²) in [4.78, 5) is 5.66. The van der Waals surface area contributed by atoms with Crippen LogP contribution in [0.3, 0.4) is 0 Å². The Morgan fingerprint density at radius 2 is 2.50 bits per heavy atom. The van der Waals surface area contributed by atoms with Crippen LogP contribution in [-0.2, 0) is 6.54 Å². The second kappa shape index (κ2) is 4.38. The number of aliphatic hydroxyl groups excluding tert-OH is 1. The Kier molecular flexibility index (Phi) is 3.15. The second-order valence-electron chi connectivity index (χ2n) is 3.92. The van der Waals surface area contributed by atoms with E-state index in [4.69, 9.17) is 5.11 Å². The normalized spacial score (nSPS) is 18.4. The van der Waals surface area contributed by atoms with E-state index < -0.39 is 0 Å². The molecule has 1 aromatic heterocycles. The van der Waals surface area contributed by atoms with E-state index in [1.807, 2.05) is 6.20 Å². The fourth-order valence-electron chi connectivity index (χ4n) is 1.33. The van der Waals surface area contributed by atoms with E-state index >= 15 is 0 Å². The molecular weight excluding hydrogens is 196 g/mol. The van der Waals surface area contributed by atoms with Gasteiger partial charge >= 0.3 is 0 Å². The molecule has 1 atom stereocenters. The molecule has 78 valence electrons. The highest BCUT2D eigenvalue weighted by Crippen LogP contribution is 2.41. The first-order valence-electron chi connectivity index (χ1n) is 5.09. The molecule has 1 aromatic rings. The predicted molar refractivity (Wildman–Crippen MR) is 57.5 cm³/mol. The molecule has 3 nitrogen and oxygen atoms in total. The number of hydrogen-bond acceptors (Lipinski definition) is 4. The molecule has 0 amide bonds. The maximum absolute atomic E-state index is 9.06. The molecule has 0 spiro atoms. The molecule has 2 rings (SSSR count). The van der Waals surface area contributed by atoms with Crippen molar-refractivity contribution in [3.8, 4) is 0 Å². The molecule has 0 radical (unpaired) electrons. The Hall–Kier alpha value is -0.450. The van der Waals surface area contributed by atoms with Gasteiger partial charge in [-0.2, -0.15) is 0 Å². The highest BCUT2D eigenvalue weighted by Gasteiger charge is 2.26. The first kappa shape index (κ1) is 10.1. The summed E-state index contributed by atoms with van der Waals surface area (Å²) in [6, 6.07) is 0. The molecular formula is C10H16N2OS. The molecule has 1 fully saturated rings. The molecule has 1 aliphatic rings. The van der Waals surface area contributed by atoms with Crippen LogP contribution in [0.2, 0.25) is 0 Å². The Labute approximate surface area is 88.2 Å². The highest BCUT2D eigenvalue weighted by atomic mass is 32.1. The van der Waals surface area contributed by atoms with Gasteiger partial charge in [0.25, 0.3) is 0 Å². The standard InChI is InChI=1S/C10H16N2OS/c1-7(13)4-11-5-9-6-12-10(14-9)8-2-3-8/h6-8,11,13H,2-5H2,1H3/t7-/m0/s1. The van der Waals surface area contributed by atoms with Crippen molar-refractivity contribution in [3.05, 3.63) is 16.1 Å². The van der Waals surface area contributed by atoms with E-state index in [1.165, 1.54) is 22.7 Å². The van der Waals surface area contributed by atoms with Gasteiger partial charge in [-0.15, -0.1) is 11.3 Å². The quantitative estimate of drug-likeness (QED) is 0.777. The lowest BCUT2D eigenvalue weighted by Crippen LogP contribution is -2.23. The van der Waals surface area contributed by atoms with E-state index in [9.17, 15) is 0 Å². The van der Waals surface area contributed by atoms with Crippen LogP contribution in [0.15, 0.2) is 6.20 Å². The van der Waals surface area contributed by atoms with E-state index in [-0.39, 0.29) is 6.10 Å². The van der Waals surface area contributed by atoms with Crippen LogP contribution in [0.25, 0.3) is 0 Å². The largest absolute Gasteiger partial charge is 0.392 e. The Bertz CT molecular complexity index is 294. The zero-order valence-electron chi connectivity index (χ0n) is 8.36. The number of aromatic nitrogens is 1. The summed E-state index contributed by atoms with van der Waals surface area (Å²) in [7, 11) is 0. The third kappa shape index (κ3) is 2.77. The van der Waals surface area contributed by atoms with Gasteiger partial charge in [0, 0.05) is 30.1 Å². The van der Waals surface area contributed by atoms with Crippen molar-refractivity contribution in [3.63, 3.8) is 0 Å². The molecule has 1 saturated carbocycles. The van der Waals surface area contributed by atoms with Crippen LogP contribution in [0.1, 0.15) is 35.6 Å². The summed E-state index contributed by atoms with van der Waals surface area (Å²) in [5.41, 5.74) is 0. The SMILES string of the molecule is C[C@H](O)CNCc1cnc(C2CC2)s1. The van der Waals surface area contributed by atoms with Gasteiger partial charge < -0.3 is 10.4 Å². The molecule has 0 unspecified atom stereocenters. The minimum atomic E-state index is -0.272. The van der Waals surface area contributed by atoms with E-state index in [1.54, 1.807) is 18.3 Å². The van der Waals surface area contributed by atoms with Gasteiger partial charge in [0.1, 0.15) is 0 Å². The lowest BCUT2D eigenvalue weighted by atomic mass is 10.4.